The molecule has 1 aliphatic rings. The van der Waals surface area contributed by atoms with Gasteiger partial charge in [-0.3, -0.25) is 4.89 Å². The summed E-state index contributed by atoms with van der Waals surface area (Å²) in [5.41, 5.74) is 5.14. The fourth-order valence-corrected chi connectivity index (χ4v) is 7.76. The molecule has 0 saturated heterocycles. The first-order valence-electron chi connectivity index (χ1n) is 14.9. The van der Waals surface area contributed by atoms with Gasteiger partial charge in [0, 0.05) is 21.9 Å². The maximum absolute atomic E-state index is 14.1. The van der Waals surface area contributed by atoms with Crippen LogP contribution in [0.15, 0.2) is 146 Å². The zero-order valence-corrected chi connectivity index (χ0v) is 26.4. The van der Waals surface area contributed by atoms with Gasteiger partial charge in [-0.2, -0.15) is 13.5 Å². The van der Waals surface area contributed by atoms with Gasteiger partial charge in [0.2, 0.25) is 0 Å². The molecule has 0 bridgehead atoms. The first kappa shape index (κ1) is 28.4. The van der Waals surface area contributed by atoms with Crippen LogP contribution < -0.4 is 9.05 Å². The average molecular weight is 635 g/mol. The molecule has 8 aromatic rings. The van der Waals surface area contributed by atoms with Crippen LogP contribution in [0.2, 0.25) is 0 Å². The molecule has 0 radical (unpaired) electrons. The van der Waals surface area contributed by atoms with Crippen molar-refractivity contribution in [2.24, 2.45) is 0 Å². The number of benzene rings is 8. The molecule has 46 heavy (non-hydrogen) atoms. The molecule has 0 saturated carbocycles. The monoisotopic (exact) mass is 634 g/mol. The van der Waals surface area contributed by atoms with Crippen molar-refractivity contribution in [2.45, 2.75) is 0 Å². The quantitative estimate of drug-likeness (QED) is 0.152. The van der Waals surface area contributed by atoms with Crippen LogP contribution in [-0.4, -0.2) is 4.89 Å². The Balaban J connectivity index is 0.00000312. The molecule has 1 N–H and O–H groups in total. The molecular formula is C40H27O4PS. The summed E-state index contributed by atoms with van der Waals surface area (Å²) in [5.74, 6) is 0.675. The largest absolute Gasteiger partial charge is 0.584 e. The Bertz CT molecular complexity index is 2360. The van der Waals surface area contributed by atoms with Crippen LogP contribution in [0.25, 0.3) is 76.5 Å². The fourth-order valence-electron chi connectivity index (χ4n) is 6.89. The molecule has 6 heteroatoms. The second-order valence-electron chi connectivity index (χ2n) is 11.4. The summed E-state index contributed by atoms with van der Waals surface area (Å²) in [6, 6.07) is 48.9. The van der Waals surface area contributed by atoms with E-state index in [-0.39, 0.29) is 13.5 Å². The maximum Gasteiger partial charge on any atom is 0.584 e. The zero-order valence-electron chi connectivity index (χ0n) is 24.5. The normalized spacial score (nSPS) is 13.3. The Kier molecular flexibility index (Phi) is 6.66. The van der Waals surface area contributed by atoms with Crippen molar-refractivity contribution in [1.29, 1.82) is 0 Å². The van der Waals surface area contributed by atoms with Crippen molar-refractivity contribution < 1.29 is 18.5 Å². The van der Waals surface area contributed by atoms with Crippen LogP contribution in [0.5, 0.6) is 11.5 Å². The SMILES string of the molecule is O=P1(O)Oc2c(c(-c3ccccc3)cc3ccc4ccccc4c23)-c2c(-c3ccccc3)cc3ccc4ccccc4c3c2O1.S. The molecule has 0 aliphatic carbocycles. The van der Waals surface area contributed by atoms with Gasteiger partial charge in [-0.05, 0) is 66.7 Å². The van der Waals surface area contributed by atoms with Gasteiger partial charge in [0.25, 0.3) is 0 Å². The van der Waals surface area contributed by atoms with Gasteiger partial charge in [0.15, 0.2) is 0 Å². The smallest absolute Gasteiger partial charge is 0.394 e. The summed E-state index contributed by atoms with van der Waals surface area (Å²) < 4.78 is 26.6. The van der Waals surface area contributed by atoms with Crippen LogP contribution in [0.4, 0.5) is 0 Å². The van der Waals surface area contributed by atoms with Crippen molar-refractivity contribution in [2.75, 3.05) is 0 Å². The van der Waals surface area contributed by atoms with E-state index in [1.54, 1.807) is 0 Å². The van der Waals surface area contributed by atoms with E-state index in [0.29, 0.717) is 11.5 Å². The van der Waals surface area contributed by atoms with Gasteiger partial charge >= 0.3 is 7.82 Å². The minimum atomic E-state index is -4.68. The average Bonchev–Trinajstić information content (AvgIpc) is 3.21. The lowest BCUT2D eigenvalue weighted by molar-refractivity contribution is 0.297. The number of hydrogen-bond acceptors (Lipinski definition) is 3. The van der Waals surface area contributed by atoms with E-state index in [0.717, 1.165) is 76.5 Å². The molecule has 0 fully saturated rings. The topological polar surface area (TPSA) is 55.8 Å². The third kappa shape index (κ3) is 4.39. The summed E-state index contributed by atoms with van der Waals surface area (Å²) in [5, 5.41) is 7.23. The molecule has 4 nitrogen and oxygen atoms in total. The second-order valence-corrected chi connectivity index (χ2v) is 12.7. The highest BCUT2D eigenvalue weighted by Gasteiger charge is 2.38. The Morgan fingerprint density at radius 3 is 1.26 bits per heavy atom. The highest BCUT2D eigenvalue weighted by Crippen LogP contribution is 2.62. The molecule has 1 aliphatic heterocycles. The zero-order chi connectivity index (χ0) is 30.1. The molecule has 0 spiro atoms. The molecule has 1 heterocycles. The molecule has 9 rings (SSSR count). The number of phosphoric ester groups is 1. The van der Waals surface area contributed by atoms with E-state index in [1.165, 1.54) is 0 Å². The van der Waals surface area contributed by atoms with Gasteiger partial charge < -0.3 is 9.05 Å². The lowest BCUT2D eigenvalue weighted by atomic mass is 9.83. The van der Waals surface area contributed by atoms with Crippen LogP contribution >= 0.6 is 21.3 Å². The van der Waals surface area contributed by atoms with Gasteiger partial charge in [0.1, 0.15) is 11.5 Å². The molecular weight excluding hydrogens is 607 g/mol. The van der Waals surface area contributed by atoms with E-state index in [2.05, 4.69) is 60.7 Å². The van der Waals surface area contributed by atoms with Gasteiger partial charge in [-0.1, -0.05) is 133 Å². The summed E-state index contributed by atoms with van der Waals surface area (Å²) >= 11 is 0. The number of phosphoric acid groups is 1. The van der Waals surface area contributed by atoms with E-state index in [4.69, 9.17) is 9.05 Å². The Morgan fingerprint density at radius 2 is 0.826 bits per heavy atom. The number of rotatable bonds is 2. The number of hydrogen-bond donors (Lipinski definition) is 1. The molecule has 0 amide bonds. The van der Waals surface area contributed by atoms with Crippen molar-refractivity contribution in [3.63, 3.8) is 0 Å². The van der Waals surface area contributed by atoms with Crippen LogP contribution in [0, 0.1) is 0 Å². The molecule has 0 atom stereocenters. The van der Waals surface area contributed by atoms with Crippen LogP contribution in [-0.2, 0) is 4.57 Å². The molecule has 222 valence electrons. The van der Waals surface area contributed by atoms with Gasteiger partial charge in [0.05, 0.1) is 0 Å². The van der Waals surface area contributed by atoms with E-state index in [1.807, 2.05) is 84.9 Å². The van der Waals surface area contributed by atoms with Gasteiger partial charge in [-0.25, -0.2) is 4.57 Å². The summed E-state index contributed by atoms with van der Waals surface area (Å²) in [6.07, 6.45) is 0. The van der Waals surface area contributed by atoms with Crippen molar-refractivity contribution >= 4 is 64.4 Å². The maximum atomic E-state index is 14.1. The van der Waals surface area contributed by atoms with Crippen molar-refractivity contribution in [1.82, 2.24) is 0 Å². The number of fused-ring (bicyclic) bond motifs is 11. The first-order valence-corrected chi connectivity index (χ1v) is 16.4. The summed E-state index contributed by atoms with van der Waals surface area (Å²) in [4.78, 5) is 11.5. The summed E-state index contributed by atoms with van der Waals surface area (Å²) in [7, 11) is -4.68. The summed E-state index contributed by atoms with van der Waals surface area (Å²) in [6.45, 7) is 0. The minimum Gasteiger partial charge on any atom is -0.394 e. The highest BCUT2D eigenvalue weighted by atomic mass is 32.1. The van der Waals surface area contributed by atoms with E-state index in [9.17, 15) is 9.46 Å². The fraction of sp³-hybridized carbons (Fsp3) is 0. The minimum absolute atomic E-state index is 0. The Labute approximate surface area is 272 Å². The van der Waals surface area contributed by atoms with Crippen LogP contribution in [0.3, 0.4) is 0 Å². The van der Waals surface area contributed by atoms with Crippen molar-refractivity contribution in [3.05, 3.63) is 146 Å². The molecule has 0 aromatic heterocycles. The predicted octanol–water partition coefficient (Wildman–Crippen LogP) is 11.3. The van der Waals surface area contributed by atoms with E-state index >= 15 is 0 Å². The highest BCUT2D eigenvalue weighted by molar-refractivity contribution is 7.59. The standard InChI is InChI=1S/C40H25O4P.H2S/c41-45(42)43-39-35-29(21-19-27-15-7-9-17-31(27)35)23-33(25-11-3-1-4-12-25)37(39)38-34(26-13-5-2-6-14-26)24-30-22-20-28-16-8-10-18-32(28)36(30)40(38)44-45;/h1-24H,(H,41,42);1H2. The Morgan fingerprint density at radius 1 is 0.457 bits per heavy atom. The van der Waals surface area contributed by atoms with Crippen LogP contribution in [0.1, 0.15) is 0 Å². The predicted molar refractivity (Wildman–Crippen MR) is 194 cm³/mol. The lowest BCUT2D eigenvalue weighted by Gasteiger charge is -2.21. The third-order valence-electron chi connectivity index (χ3n) is 8.80. The molecule has 0 unspecified atom stereocenters. The first-order chi connectivity index (χ1) is 22.1. The third-order valence-corrected chi connectivity index (χ3v) is 9.63. The lowest BCUT2D eigenvalue weighted by Crippen LogP contribution is -1.99. The van der Waals surface area contributed by atoms with Gasteiger partial charge in [-0.15, -0.1) is 0 Å². The molecule has 8 aromatic carbocycles. The van der Waals surface area contributed by atoms with Crippen molar-refractivity contribution in [3.8, 4) is 44.9 Å². The second kappa shape index (κ2) is 10.8. The Hall–Kier alpha value is -5.06. The van der Waals surface area contributed by atoms with E-state index < -0.39 is 7.82 Å².